The Morgan fingerprint density at radius 1 is 1.11 bits per heavy atom. The van der Waals surface area contributed by atoms with Crippen LogP contribution in [0.15, 0.2) is 59.6 Å². The second-order valence-electron chi connectivity index (χ2n) is 3.86. The highest BCUT2D eigenvalue weighted by molar-refractivity contribution is 5.92. The lowest BCUT2D eigenvalue weighted by atomic mass is 10.2. The van der Waals surface area contributed by atoms with E-state index in [1.807, 2.05) is 36.4 Å². The van der Waals surface area contributed by atoms with Crippen molar-refractivity contribution in [3.05, 3.63) is 60.2 Å². The molecule has 0 aromatic heterocycles. The molecule has 0 atom stereocenters. The summed E-state index contributed by atoms with van der Waals surface area (Å²) in [6.07, 6.45) is 0. The van der Waals surface area contributed by atoms with Crippen LogP contribution in [-0.2, 0) is 6.54 Å². The monoisotopic (exact) mass is 241 g/mol. The molecule has 0 fully saturated rings. The van der Waals surface area contributed by atoms with E-state index in [1.54, 1.807) is 18.2 Å². The van der Waals surface area contributed by atoms with Crippen LogP contribution in [0.25, 0.3) is 0 Å². The largest absolute Gasteiger partial charge is 0.508 e. The van der Waals surface area contributed by atoms with Crippen molar-refractivity contribution in [2.45, 2.75) is 6.54 Å². The van der Waals surface area contributed by atoms with Crippen LogP contribution in [0.2, 0.25) is 0 Å². The Labute approximate surface area is 106 Å². The highest BCUT2D eigenvalue weighted by Gasteiger charge is 1.95. The van der Waals surface area contributed by atoms with E-state index in [-0.39, 0.29) is 5.75 Å². The lowest BCUT2D eigenvalue weighted by Crippen LogP contribution is -2.22. The number of hydrogen-bond acceptors (Lipinski definition) is 2. The molecule has 4 N–H and O–H groups in total. The minimum Gasteiger partial charge on any atom is -0.508 e. The Bertz CT molecular complexity index is 538. The number of aliphatic imine (C=N–C) groups is 1. The van der Waals surface area contributed by atoms with Gasteiger partial charge in [0.15, 0.2) is 5.96 Å². The zero-order chi connectivity index (χ0) is 12.8. The van der Waals surface area contributed by atoms with Crippen LogP contribution in [0.3, 0.4) is 0 Å². The molecule has 18 heavy (non-hydrogen) atoms. The Kier molecular flexibility index (Phi) is 3.81. The molecule has 0 aliphatic heterocycles. The number of hydrogen-bond donors (Lipinski definition) is 3. The van der Waals surface area contributed by atoms with E-state index in [9.17, 15) is 5.11 Å². The first-order valence-corrected chi connectivity index (χ1v) is 5.64. The predicted octanol–water partition coefficient (Wildman–Crippen LogP) is 2.32. The van der Waals surface area contributed by atoms with E-state index < -0.39 is 0 Å². The molecule has 4 nitrogen and oxygen atoms in total. The van der Waals surface area contributed by atoms with Gasteiger partial charge in [-0.2, -0.15) is 0 Å². The van der Waals surface area contributed by atoms with E-state index in [2.05, 4.69) is 10.3 Å². The van der Waals surface area contributed by atoms with Crippen molar-refractivity contribution in [1.29, 1.82) is 0 Å². The van der Waals surface area contributed by atoms with Gasteiger partial charge in [-0.3, -0.25) is 0 Å². The average Bonchev–Trinajstić information content (AvgIpc) is 2.38. The van der Waals surface area contributed by atoms with Crippen molar-refractivity contribution >= 4 is 11.6 Å². The smallest absolute Gasteiger partial charge is 0.193 e. The van der Waals surface area contributed by atoms with E-state index in [0.29, 0.717) is 12.5 Å². The number of aromatic hydroxyl groups is 1. The number of phenols is 1. The summed E-state index contributed by atoms with van der Waals surface area (Å²) in [5, 5.41) is 12.3. The first-order chi connectivity index (χ1) is 8.74. The molecule has 0 aliphatic rings. The van der Waals surface area contributed by atoms with Gasteiger partial charge in [0.1, 0.15) is 5.75 Å². The fraction of sp³-hybridized carbons (Fsp3) is 0.0714. The second kappa shape index (κ2) is 5.72. The van der Waals surface area contributed by atoms with Gasteiger partial charge in [0.2, 0.25) is 0 Å². The predicted molar refractivity (Wildman–Crippen MR) is 73.5 cm³/mol. The Morgan fingerprint density at radius 3 is 2.61 bits per heavy atom. The average molecular weight is 241 g/mol. The Hall–Kier alpha value is -2.49. The number of para-hydroxylation sites is 1. The minimum absolute atomic E-state index is 0.234. The third kappa shape index (κ3) is 3.52. The highest BCUT2D eigenvalue weighted by atomic mass is 16.3. The zero-order valence-electron chi connectivity index (χ0n) is 9.88. The molecule has 0 bridgehead atoms. The third-order valence-electron chi connectivity index (χ3n) is 2.39. The van der Waals surface area contributed by atoms with Crippen molar-refractivity contribution < 1.29 is 5.11 Å². The van der Waals surface area contributed by atoms with Crippen LogP contribution in [0.1, 0.15) is 5.56 Å². The van der Waals surface area contributed by atoms with E-state index >= 15 is 0 Å². The molecule has 0 aliphatic carbocycles. The number of rotatable bonds is 3. The molecule has 0 radical (unpaired) electrons. The molecule has 92 valence electrons. The van der Waals surface area contributed by atoms with Crippen LogP contribution in [0, 0.1) is 0 Å². The number of guanidine groups is 1. The molecular formula is C14H15N3O. The first kappa shape index (κ1) is 12.0. The SMILES string of the molecule is NC(=NCc1cccc(O)c1)Nc1ccccc1. The molecule has 0 unspecified atom stereocenters. The second-order valence-corrected chi connectivity index (χ2v) is 3.86. The molecule has 2 rings (SSSR count). The molecule has 4 heteroatoms. The number of anilines is 1. The van der Waals surface area contributed by atoms with Gasteiger partial charge in [-0.25, -0.2) is 4.99 Å². The van der Waals surface area contributed by atoms with Crippen LogP contribution in [-0.4, -0.2) is 11.1 Å². The lowest BCUT2D eigenvalue weighted by Gasteiger charge is -2.05. The number of nitrogens with two attached hydrogens (primary N) is 1. The lowest BCUT2D eigenvalue weighted by molar-refractivity contribution is 0.474. The topological polar surface area (TPSA) is 70.6 Å². The van der Waals surface area contributed by atoms with E-state index in [4.69, 9.17) is 5.73 Å². The number of nitrogens with one attached hydrogen (secondary N) is 1. The molecular weight excluding hydrogens is 226 g/mol. The molecule has 0 saturated heterocycles. The number of benzene rings is 2. The van der Waals surface area contributed by atoms with Crippen molar-refractivity contribution in [3.8, 4) is 5.75 Å². The quantitative estimate of drug-likeness (QED) is 0.570. The maximum Gasteiger partial charge on any atom is 0.193 e. The van der Waals surface area contributed by atoms with Crippen molar-refractivity contribution in [3.63, 3.8) is 0 Å². The van der Waals surface area contributed by atoms with Crippen molar-refractivity contribution in [2.24, 2.45) is 10.7 Å². The van der Waals surface area contributed by atoms with Gasteiger partial charge in [-0.15, -0.1) is 0 Å². The summed E-state index contributed by atoms with van der Waals surface area (Å²) < 4.78 is 0. The first-order valence-electron chi connectivity index (χ1n) is 5.64. The van der Waals surface area contributed by atoms with Crippen LogP contribution >= 0.6 is 0 Å². The Balaban J connectivity index is 1.97. The summed E-state index contributed by atoms with van der Waals surface area (Å²) in [7, 11) is 0. The standard InChI is InChI=1S/C14H15N3O/c15-14(17-12-6-2-1-3-7-12)16-10-11-5-4-8-13(18)9-11/h1-9,18H,10H2,(H3,15,16,17). The van der Waals surface area contributed by atoms with Crippen molar-refractivity contribution in [2.75, 3.05) is 5.32 Å². The maximum absolute atomic E-state index is 9.32. The molecule has 2 aromatic carbocycles. The van der Waals surface area contributed by atoms with Crippen LogP contribution in [0.4, 0.5) is 5.69 Å². The van der Waals surface area contributed by atoms with Crippen LogP contribution in [0.5, 0.6) is 5.75 Å². The number of phenolic OH excluding ortho intramolecular Hbond substituents is 1. The molecule has 0 heterocycles. The van der Waals surface area contributed by atoms with Gasteiger partial charge in [-0.05, 0) is 29.8 Å². The van der Waals surface area contributed by atoms with Gasteiger partial charge < -0.3 is 16.2 Å². The van der Waals surface area contributed by atoms with Gasteiger partial charge in [0, 0.05) is 5.69 Å². The van der Waals surface area contributed by atoms with E-state index in [0.717, 1.165) is 11.3 Å². The van der Waals surface area contributed by atoms with Gasteiger partial charge >= 0.3 is 0 Å². The minimum atomic E-state index is 0.234. The Morgan fingerprint density at radius 2 is 1.89 bits per heavy atom. The molecule has 0 saturated carbocycles. The zero-order valence-corrected chi connectivity index (χ0v) is 9.88. The summed E-state index contributed by atoms with van der Waals surface area (Å²) in [4.78, 5) is 4.20. The van der Waals surface area contributed by atoms with Crippen LogP contribution < -0.4 is 11.1 Å². The fourth-order valence-electron chi connectivity index (χ4n) is 1.54. The van der Waals surface area contributed by atoms with E-state index in [1.165, 1.54) is 0 Å². The third-order valence-corrected chi connectivity index (χ3v) is 2.39. The summed E-state index contributed by atoms with van der Waals surface area (Å²) in [6, 6.07) is 16.6. The summed E-state index contributed by atoms with van der Waals surface area (Å²) in [6.45, 7) is 0.431. The molecule has 0 amide bonds. The summed E-state index contributed by atoms with van der Waals surface area (Å²) in [5.74, 6) is 0.585. The molecule has 2 aromatic rings. The normalized spacial score (nSPS) is 11.2. The summed E-state index contributed by atoms with van der Waals surface area (Å²) >= 11 is 0. The van der Waals surface area contributed by atoms with Gasteiger partial charge in [-0.1, -0.05) is 30.3 Å². The van der Waals surface area contributed by atoms with Crippen molar-refractivity contribution in [1.82, 2.24) is 0 Å². The number of nitrogens with zero attached hydrogens (tertiary/aromatic N) is 1. The van der Waals surface area contributed by atoms with Gasteiger partial charge in [0.25, 0.3) is 0 Å². The fourth-order valence-corrected chi connectivity index (χ4v) is 1.54. The maximum atomic E-state index is 9.32. The summed E-state index contributed by atoms with van der Waals surface area (Å²) in [5.41, 5.74) is 7.58. The highest BCUT2D eigenvalue weighted by Crippen LogP contribution is 2.11. The van der Waals surface area contributed by atoms with Gasteiger partial charge in [0.05, 0.1) is 6.54 Å². The molecule has 0 spiro atoms.